The molecule has 0 aliphatic rings. The van der Waals surface area contributed by atoms with Crippen LogP contribution in [0.15, 0.2) is 71.6 Å². The first kappa shape index (κ1) is 21.6. The molecule has 30 heavy (non-hydrogen) atoms. The van der Waals surface area contributed by atoms with E-state index in [0.717, 1.165) is 5.56 Å². The number of hydrogen-bond donors (Lipinski definition) is 2. The Labute approximate surface area is 178 Å². The zero-order chi connectivity index (χ0) is 21.7. The number of nitrogens with one attached hydrogen (secondary N) is 2. The van der Waals surface area contributed by atoms with Gasteiger partial charge >= 0.3 is 0 Å². The second-order valence-electron chi connectivity index (χ2n) is 6.36. The summed E-state index contributed by atoms with van der Waals surface area (Å²) in [4.78, 5) is 12.0. The molecule has 3 aromatic carbocycles. The quantitative estimate of drug-likeness (QED) is 0.553. The van der Waals surface area contributed by atoms with Gasteiger partial charge in [0.2, 0.25) is 0 Å². The van der Waals surface area contributed by atoms with Crippen LogP contribution in [0.25, 0.3) is 0 Å². The van der Waals surface area contributed by atoms with Crippen molar-refractivity contribution >= 4 is 38.9 Å². The molecule has 0 aromatic heterocycles. The van der Waals surface area contributed by atoms with Gasteiger partial charge in [0.1, 0.15) is 0 Å². The molecule has 0 atom stereocenters. The largest absolute Gasteiger partial charge is 0.481 e. The van der Waals surface area contributed by atoms with Gasteiger partial charge in [0.15, 0.2) is 18.2 Å². The standard InChI is InChI=1S/C21H18ClFN2O4S/c1-14-6-7-15(22)12-19(14)25-30(27,28)17-10-8-16(9-11-17)24-21(26)13-29-20-5-3-2-4-18(20)23/h2-12,25H,13H2,1H3,(H,24,26). The molecule has 3 aromatic rings. The minimum atomic E-state index is -3.84. The van der Waals surface area contributed by atoms with Crippen LogP contribution >= 0.6 is 11.6 Å². The topological polar surface area (TPSA) is 84.5 Å². The van der Waals surface area contributed by atoms with Crippen molar-refractivity contribution in [3.63, 3.8) is 0 Å². The number of halogens is 2. The van der Waals surface area contributed by atoms with Crippen molar-refractivity contribution in [2.45, 2.75) is 11.8 Å². The number of carbonyl (C=O) groups is 1. The van der Waals surface area contributed by atoms with Crippen LogP contribution in [-0.4, -0.2) is 20.9 Å². The molecule has 3 rings (SSSR count). The summed E-state index contributed by atoms with van der Waals surface area (Å²) in [6.07, 6.45) is 0. The normalized spacial score (nSPS) is 11.0. The minimum absolute atomic E-state index is 0.0162. The Balaban J connectivity index is 1.63. The lowest BCUT2D eigenvalue weighted by Gasteiger charge is -2.12. The minimum Gasteiger partial charge on any atom is -0.481 e. The van der Waals surface area contributed by atoms with E-state index in [9.17, 15) is 17.6 Å². The van der Waals surface area contributed by atoms with Crippen LogP contribution in [0.3, 0.4) is 0 Å². The molecule has 156 valence electrons. The van der Waals surface area contributed by atoms with Crippen molar-refractivity contribution in [2.75, 3.05) is 16.6 Å². The molecule has 0 heterocycles. The van der Waals surface area contributed by atoms with E-state index in [1.165, 1.54) is 48.5 Å². The summed E-state index contributed by atoms with van der Waals surface area (Å²) in [6.45, 7) is 1.37. The lowest BCUT2D eigenvalue weighted by Crippen LogP contribution is -2.20. The molecular formula is C21H18ClFN2O4S. The molecule has 2 N–H and O–H groups in total. The second kappa shape index (κ2) is 9.15. The molecule has 0 radical (unpaired) electrons. The van der Waals surface area contributed by atoms with Crippen LogP contribution in [0.5, 0.6) is 5.75 Å². The van der Waals surface area contributed by atoms with Crippen LogP contribution in [0.2, 0.25) is 5.02 Å². The van der Waals surface area contributed by atoms with Gasteiger partial charge in [0.25, 0.3) is 15.9 Å². The van der Waals surface area contributed by atoms with Crippen molar-refractivity contribution in [3.05, 3.63) is 83.1 Å². The first-order valence-electron chi connectivity index (χ1n) is 8.81. The summed E-state index contributed by atoms with van der Waals surface area (Å²) >= 11 is 5.93. The van der Waals surface area contributed by atoms with E-state index in [4.69, 9.17) is 16.3 Å². The Morgan fingerprint density at radius 1 is 1.07 bits per heavy atom. The molecule has 9 heteroatoms. The molecule has 0 saturated heterocycles. The van der Waals surface area contributed by atoms with Gasteiger partial charge in [-0.1, -0.05) is 29.8 Å². The molecule has 0 unspecified atom stereocenters. The Bertz CT molecular complexity index is 1170. The molecule has 1 amide bonds. The van der Waals surface area contributed by atoms with Gasteiger partial charge < -0.3 is 10.1 Å². The smallest absolute Gasteiger partial charge is 0.262 e. The molecule has 6 nitrogen and oxygen atoms in total. The number of para-hydroxylation sites is 1. The van der Waals surface area contributed by atoms with Gasteiger partial charge in [-0.25, -0.2) is 12.8 Å². The third-order valence-electron chi connectivity index (χ3n) is 4.09. The number of carbonyl (C=O) groups excluding carboxylic acids is 1. The van der Waals surface area contributed by atoms with Gasteiger partial charge in [-0.15, -0.1) is 0 Å². The summed E-state index contributed by atoms with van der Waals surface area (Å²) < 4.78 is 46.3. The van der Waals surface area contributed by atoms with Crippen molar-refractivity contribution < 1.29 is 22.3 Å². The summed E-state index contributed by atoms with van der Waals surface area (Å²) in [7, 11) is -3.84. The molecule has 0 aliphatic carbocycles. The predicted octanol–water partition coefficient (Wildman–Crippen LogP) is 4.61. The summed E-state index contributed by atoms with van der Waals surface area (Å²) in [5.41, 5.74) is 1.47. The highest BCUT2D eigenvalue weighted by atomic mass is 35.5. The third-order valence-corrected chi connectivity index (χ3v) is 5.70. The van der Waals surface area contributed by atoms with Crippen LogP contribution in [0, 0.1) is 12.7 Å². The van der Waals surface area contributed by atoms with E-state index in [1.807, 2.05) is 0 Å². The molecular weight excluding hydrogens is 431 g/mol. The number of aryl methyl sites for hydroxylation is 1. The van der Waals surface area contributed by atoms with Crippen LogP contribution in [0.1, 0.15) is 5.56 Å². The predicted molar refractivity (Wildman–Crippen MR) is 114 cm³/mol. The number of hydrogen-bond acceptors (Lipinski definition) is 4. The van der Waals surface area contributed by atoms with Gasteiger partial charge in [0, 0.05) is 10.7 Å². The number of rotatable bonds is 7. The highest BCUT2D eigenvalue weighted by Gasteiger charge is 2.16. The van der Waals surface area contributed by atoms with E-state index in [0.29, 0.717) is 16.4 Å². The molecule has 0 spiro atoms. The Kier molecular flexibility index (Phi) is 6.59. The maximum Gasteiger partial charge on any atom is 0.262 e. The highest BCUT2D eigenvalue weighted by Crippen LogP contribution is 2.24. The van der Waals surface area contributed by atoms with Crippen molar-refractivity contribution in [2.24, 2.45) is 0 Å². The fourth-order valence-electron chi connectivity index (χ4n) is 2.53. The van der Waals surface area contributed by atoms with Crippen molar-refractivity contribution in [3.8, 4) is 5.75 Å². The number of ether oxygens (including phenoxy) is 1. The molecule has 0 fully saturated rings. The van der Waals surface area contributed by atoms with Crippen LogP contribution in [-0.2, 0) is 14.8 Å². The van der Waals surface area contributed by atoms with E-state index in [2.05, 4.69) is 10.0 Å². The van der Waals surface area contributed by atoms with Crippen LogP contribution < -0.4 is 14.8 Å². The zero-order valence-corrected chi connectivity index (χ0v) is 17.4. The zero-order valence-electron chi connectivity index (χ0n) is 15.9. The van der Waals surface area contributed by atoms with Crippen molar-refractivity contribution in [1.82, 2.24) is 0 Å². The summed E-state index contributed by atoms with van der Waals surface area (Å²) in [5.74, 6) is -1.11. The van der Waals surface area contributed by atoms with E-state index >= 15 is 0 Å². The van der Waals surface area contributed by atoms with Crippen LogP contribution in [0.4, 0.5) is 15.8 Å². The van der Waals surface area contributed by atoms with Gasteiger partial charge in [-0.2, -0.15) is 0 Å². The first-order chi connectivity index (χ1) is 14.2. The second-order valence-corrected chi connectivity index (χ2v) is 8.48. The lowest BCUT2D eigenvalue weighted by molar-refractivity contribution is -0.118. The first-order valence-corrected chi connectivity index (χ1v) is 10.7. The number of sulfonamides is 1. The van der Waals surface area contributed by atoms with E-state index in [-0.39, 0.29) is 10.6 Å². The van der Waals surface area contributed by atoms with Gasteiger partial charge in [0.05, 0.1) is 10.6 Å². The monoisotopic (exact) mass is 448 g/mol. The third kappa shape index (κ3) is 5.49. The lowest BCUT2D eigenvalue weighted by atomic mass is 10.2. The Hall–Kier alpha value is -3.10. The Morgan fingerprint density at radius 2 is 1.77 bits per heavy atom. The van der Waals surface area contributed by atoms with E-state index < -0.39 is 28.4 Å². The average molecular weight is 449 g/mol. The maximum atomic E-state index is 13.5. The number of amides is 1. The number of benzene rings is 3. The molecule has 0 aliphatic heterocycles. The van der Waals surface area contributed by atoms with Gasteiger partial charge in [-0.3, -0.25) is 9.52 Å². The molecule has 0 saturated carbocycles. The fraction of sp³-hybridized carbons (Fsp3) is 0.0952. The average Bonchev–Trinajstić information content (AvgIpc) is 2.70. The molecule has 0 bridgehead atoms. The number of anilines is 2. The summed E-state index contributed by atoms with van der Waals surface area (Å²) in [6, 6.07) is 16.3. The summed E-state index contributed by atoms with van der Waals surface area (Å²) in [5, 5.41) is 2.97. The fourth-order valence-corrected chi connectivity index (χ4v) is 3.82. The van der Waals surface area contributed by atoms with Crippen molar-refractivity contribution in [1.29, 1.82) is 0 Å². The maximum absolute atomic E-state index is 13.5. The van der Waals surface area contributed by atoms with Gasteiger partial charge in [-0.05, 0) is 61.0 Å². The highest BCUT2D eigenvalue weighted by molar-refractivity contribution is 7.92. The SMILES string of the molecule is Cc1ccc(Cl)cc1NS(=O)(=O)c1ccc(NC(=O)COc2ccccc2F)cc1. The van der Waals surface area contributed by atoms with E-state index in [1.54, 1.807) is 25.1 Å². The Morgan fingerprint density at radius 3 is 2.47 bits per heavy atom.